The van der Waals surface area contributed by atoms with Gasteiger partial charge in [-0.05, 0) is 54.8 Å². The predicted octanol–water partition coefficient (Wildman–Crippen LogP) is 3.82. The molecule has 0 aliphatic rings. The summed E-state index contributed by atoms with van der Waals surface area (Å²) in [7, 11) is 1.57. The summed E-state index contributed by atoms with van der Waals surface area (Å²) in [6, 6.07) is 12.3. The number of phenols is 1. The first-order valence-electron chi connectivity index (χ1n) is 7.66. The van der Waals surface area contributed by atoms with E-state index in [-0.39, 0.29) is 11.7 Å². The number of phenolic OH excluding ortho intramolecular Hbond substituents is 1. The Morgan fingerprint density at radius 3 is 2.71 bits per heavy atom. The molecule has 0 aliphatic carbocycles. The lowest BCUT2D eigenvalue weighted by Crippen LogP contribution is -2.22. The molecule has 0 heterocycles. The molecule has 2 N–H and O–H groups in total. The van der Waals surface area contributed by atoms with Gasteiger partial charge in [-0.3, -0.25) is 4.79 Å². The van der Waals surface area contributed by atoms with Crippen LogP contribution in [0.5, 0.6) is 11.5 Å². The fraction of sp³-hybridized carbons (Fsp3) is 0.211. The van der Waals surface area contributed by atoms with E-state index in [1.807, 2.05) is 12.1 Å². The predicted molar refractivity (Wildman–Crippen MR) is 96.5 cm³/mol. The maximum Gasteiger partial charge on any atom is 0.244 e. The fourth-order valence-electron chi connectivity index (χ4n) is 2.23. The van der Waals surface area contributed by atoms with Gasteiger partial charge < -0.3 is 15.2 Å². The monoisotopic (exact) mass is 345 g/mol. The summed E-state index contributed by atoms with van der Waals surface area (Å²) >= 11 is 5.95. The number of carbonyl (C=O) groups is 1. The number of rotatable bonds is 7. The van der Waals surface area contributed by atoms with Gasteiger partial charge in [0.2, 0.25) is 5.91 Å². The van der Waals surface area contributed by atoms with Gasteiger partial charge in [0.15, 0.2) is 0 Å². The van der Waals surface area contributed by atoms with Gasteiger partial charge in [0.05, 0.1) is 7.11 Å². The van der Waals surface area contributed by atoms with Crippen LogP contribution in [0.4, 0.5) is 0 Å². The van der Waals surface area contributed by atoms with E-state index in [1.165, 1.54) is 6.08 Å². The van der Waals surface area contributed by atoms with Crippen molar-refractivity contribution in [2.75, 3.05) is 13.7 Å². The van der Waals surface area contributed by atoms with Crippen LogP contribution in [0.15, 0.2) is 48.5 Å². The Morgan fingerprint density at radius 1 is 1.25 bits per heavy atom. The Kier molecular flexibility index (Phi) is 6.70. The van der Waals surface area contributed by atoms with Crippen molar-refractivity contribution in [1.82, 2.24) is 5.32 Å². The molecule has 24 heavy (non-hydrogen) atoms. The molecular formula is C19H20ClNO3. The zero-order chi connectivity index (χ0) is 17.4. The lowest BCUT2D eigenvalue weighted by atomic mass is 10.1. The number of aryl methyl sites for hydroxylation is 1. The van der Waals surface area contributed by atoms with Crippen LogP contribution in [0.1, 0.15) is 17.5 Å². The molecule has 0 saturated carbocycles. The first kappa shape index (κ1) is 17.9. The molecule has 2 aromatic rings. The molecule has 0 bridgehead atoms. The molecule has 4 nitrogen and oxygen atoms in total. The Bertz CT molecular complexity index is 711. The van der Waals surface area contributed by atoms with Crippen LogP contribution < -0.4 is 10.1 Å². The average Bonchev–Trinajstić information content (AvgIpc) is 2.58. The number of amides is 1. The summed E-state index contributed by atoms with van der Waals surface area (Å²) in [5, 5.41) is 12.7. The minimum absolute atomic E-state index is 0.164. The van der Waals surface area contributed by atoms with Crippen molar-refractivity contribution < 1.29 is 14.6 Å². The van der Waals surface area contributed by atoms with Crippen LogP contribution in [0, 0.1) is 0 Å². The average molecular weight is 346 g/mol. The smallest absolute Gasteiger partial charge is 0.244 e. The van der Waals surface area contributed by atoms with Crippen molar-refractivity contribution in [3.63, 3.8) is 0 Å². The summed E-state index contributed by atoms with van der Waals surface area (Å²) in [6.45, 7) is 0.580. The van der Waals surface area contributed by atoms with Crippen molar-refractivity contribution in [2.24, 2.45) is 0 Å². The first-order chi connectivity index (χ1) is 11.6. The topological polar surface area (TPSA) is 58.6 Å². The number of halogens is 1. The Hall–Kier alpha value is -2.46. The SMILES string of the molecule is COc1ccc(Cl)cc1/C=C/C(=O)NCCCc1ccc(O)cc1. The molecule has 126 valence electrons. The molecule has 1 amide bonds. The third-order valence-electron chi connectivity index (χ3n) is 3.48. The van der Waals surface area contributed by atoms with Crippen molar-refractivity contribution in [1.29, 1.82) is 0 Å². The van der Waals surface area contributed by atoms with E-state index in [2.05, 4.69) is 5.32 Å². The van der Waals surface area contributed by atoms with Gasteiger partial charge in [0.25, 0.3) is 0 Å². The van der Waals surface area contributed by atoms with Gasteiger partial charge in [-0.25, -0.2) is 0 Å². The molecule has 0 aliphatic heterocycles. The Labute approximate surface area is 146 Å². The summed E-state index contributed by atoms with van der Waals surface area (Å²) < 4.78 is 5.23. The first-order valence-corrected chi connectivity index (χ1v) is 8.03. The standard InChI is InChI=1S/C19H20ClNO3/c1-24-18-10-7-16(20)13-15(18)6-11-19(23)21-12-2-3-14-4-8-17(22)9-5-14/h4-11,13,22H,2-3,12H2,1H3,(H,21,23)/b11-6+. The van der Waals surface area contributed by atoms with Gasteiger partial charge in [0, 0.05) is 23.2 Å². The zero-order valence-corrected chi connectivity index (χ0v) is 14.2. The Balaban J connectivity index is 1.79. The second-order valence-corrected chi connectivity index (χ2v) is 5.72. The second-order valence-electron chi connectivity index (χ2n) is 5.28. The summed E-state index contributed by atoms with van der Waals surface area (Å²) in [6.07, 6.45) is 4.81. The largest absolute Gasteiger partial charge is 0.508 e. The van der Waals surface area contributed by atoms with E-state index in [0.29, 0.717) is 17.3 Å². The molecule has 2 rings (SSSR count). The number of hydrogen-bond donors (Lipinski definition) is 2. The summed E-state index contributed by atoms with van der Waals surface area (Å²) in [4.78, 5) is 11.9. The van der Waals surface area contributed by atoms with Gasteiger partial charge in [-0.15, -0.1) is 0 Å². The van der Waals surface area contributed by atoms with Gasteiger partial charge in [-0.2, -0.15) is 0 Å². The third-order valence-corrected chi connectivity index (χ3v) is 3.72. The highest BCUT2D eigenvalue weighted by Gasteiger charge is 2.02. The molecule has 0 radical (unpaired) electrons. The maximum absolute atomic E-state index is 11.9. The van der Waals surface area contributed by atoms with E-state index in [9.17, 15) is 9.90 Å². The molecular weight excluding hydrogens is 326 g/mol. The number of methoxy groups -OCH3 is 1. The Morgan fingerprint density at radius 2 is 2.00 bits per heavy atom. The highest BCUT2D eigenvalue weighted by molar-refractivity contribution is 6.30. The van der Waals surface area contributed by atoms with E-state index >= 15 is 0 Å². The van der Waals surface area contributed by atoms with Crippen molar-refractivity contribution in [2.45, 2.75) is 12.8 Å². The lowest BCUT2D eigenvalue weighted by molar-refractivity contribution is -0.116. The fourth-order valence-corrected chi connectivity index (χ4v) is 2.41. The maximum atomic E-state index is 11.9. The molecule has 0 atom stereocenters. The number of benzene rings is 2. The van der Waals surface area contributed by atoms with Crippen LogP contribution in [0.2, 0.25) is 5.02 Å². The van der Waals surface area contributed by atoms with Crippen LogP contribution in [0.25, 0.3) is 6.08 Å². The highest BCUT2D eigenvalue weighted by Crippen LogP contribution is 2.23. The lowest BCUT2D eigenvalue weighted by Gasteiger charge is -2.05. The number of carbonyl (C=O) groups excluding carboxylic acids is 1. The quantitative estimate of drug-likeness (QED) is 0.592. The number of ether oxygens (including phenoxy) is 1. The molecule has 5 heteroatoms. The summed E-state index contributed by atoms with van der Waals surface area (Å²) in [5.41, 5.74) is 1.88. The van der Waals surface area contributed by atoms with E-state index in [0.717, 1.165) is 24.0 Å². The van der Waals surface area contributed by atoms with Crippen molar-refractivity contribution in [3.05, 3.63) is 64.7 Å². The number of nitrogens with one attached hydrogen (secondary N) is 1. The van der Waals surface area contributed by atoms with E-state index in [4.69, 9.17) is 16.3 Å². The normalized spacial score (nSPS) is 10.8. The molecule has 0 spiro atoms. The molecule has 0 saturated heterocycles. The van der Waals surface area contributed by atoms with Gasteiger partial charge in [-0.1, -0.05) is 23.7 Å². The minimum atomic E-state index is -0.164. The van der Waals surface area contributed by atoms with Crippen LogP contribution >= 0.6 is 11.6 Å². The van der Waals surface area contributed by atoms with Gasteiger partial charge >= 0.3 is 0 Å². The number of hydrogen-bond acceptors (Lipinski definition) is 3. The van der Waals surface area contributed by atoms with E-state index < -0.39 is 0 Å². The minimum Gasteiger partial charge on any atom is -0.508 e. The van der Waals surface area contributed by atoms with Crippen LogP contribution in [-0.2, 0) is 11.2 Å². The molecule has 2 aromatic carbocycles. The van der Waals surface area contributed by atoms with Crippen molar-refractivity contribution in [3.8, 4) is 11.5 Å². The van der Waals surface area contributed by atoms with E-state index in [1.54, 1.807) is 43.5 Å². The second kappa shape index (κ2) is 8.99. The van der Waals surface area contributed by atoms with Crippen LogP contribution in [0.3, 0.4) is 0 Å². The molecule has 0 fully saturated rings. The van der Waals surface area contributed by atoms with Gasteiger partial charge in [0.1, 0.15) is 11.5 Å². The highest BCUT2D eigenvalue weighted by atomic mass is 35.5. The summed E-state index contributed by atoms with van der Waals surface area (Å²) in [5.74, 6) is 0.757. The number of aromatic hydroxyl groups is 1. The molecule has 0 aromatic heterocycles. The van der Waals surface area contributed by atoms with Crippen LogP contribution in [-0.4, -0.2) is 24.7 Å². The zero-order valence-electron chi connectivity index (χ0n) is 13.5. The van der Waals surface area contributed by atoms with Crippen molar-refractivity contribution >= 4 is 23.6 Å². The molecule has 0 unspecified atom stereocenters. The third kappa shape index (κ3) is 5.63.